The lowest BCUT2D eigenvalue weighted by molar-refractivity contribution is -0.121. The zero-order valence-electron chi connectivity index (χ0n) is 8.44. The van der Waals surface area contributed by atoms with Gasteiger partial charge in [0.2, 0.25) is 5.91 Å². The number of amides is 1. The first-order valence-electron chi connectivity index (χ1n) is 5.27. The Bertz CT molecular complexity index is 196. The van der Waals surface area contributed by atoms with E-state index in [1.807, 2.05) is 6.92 Å². The van der Waals surface area contributed by atoms with Gasteiger partial charge in [0.15, 0.2) is 0 Å². The zero-order valence-corrected chi connectivity index (χ0v) is 8.44. The summed E-state index contributed by atoms with van der Waals surface area (Å²) in [6.45, 7) is 2.85. The number of hydrogen-bond acceptors (Lipinski definition) is 1. The van der Waals surface area contributed by atoms with Gasteiger partial charge in [-0.2, -0.15) is 0 Å². The van der Waals surface area contributed by atoms with Crippen LogP contribution in [0.2, 0.25) is 0 Å². The number of rotatable bonds is 5. The third-order valence-electron chi connectivity index (χ3n) is 2.38. The Labute approximate surface area is 80.4 Å². The number of nitrogens with one attached hydrogen (secondary N) is 1. The van der Waals surface area contributed by atoms with Crippen molar-refractivity contribution < 1.29 is 4.79 Å². The minimum absolute atomic E-state index is 0.195. The summed E-state index contributed by atoms with van der Waals surface area (Å²) in [4.78, 5) is 11.1. The quantitative estimate of drug-likeness (QED) is 0.648. The van der Waals surface area contributed by atoms with Crippen molar-refractivity contribution >= 4 is 5.91 Å². The highest BCUT2D eigenvalue weighted by atomic mass is 16.1. The van der Waals surface area contributed by atoms with E-state index in [-0.39, 0.29) is 5.91 Å². The van der Waals surface area contributed by atoms with Gasteiger partial charge < -0.3 is 5.32 Å². The first kappa shape index (κ1) is 10.3. The van der Waals surface area contributed by atoms with Crippen molar-refractivity contribution in [1.29, 1.82) is 0 Å². The maximum atomic E-state index is 11.1. The molecular formula is C11H19NO. The molecule has 1 aliphatic carbocycles. The largest absolute Gasteiger partial charge is 0.356 e. The molecule has 2 heteroatoms. The molecule has 0 bridgehead atoms. The summed E-state index contributed by atoms with van der Waals surface area (Å²) in [6, 6.07) is 0. The molecule has 0 heterocycles. The Morgan fingerprint density at radius 1 is 1.62 bits per heavy atom. The van der Waals surface area contributed by atoms with Gasteiger partial charge >= 0.3 is 0 Å². The van der Waals surface area contributed by atoms with Crippen LogP contribution in [0.4, 0.5) is 0 Å². The summed E-state index contributed by atoms with van der Waals surface area (Å²) in [5.74, 6) is 0.195. The minimum Gasteiger partial charge on any atom is -0.356 e. The van der Waals surface area contributed by atoms with Gasteiger partial charge in [-0.25, -0.2) is 0 Å². The fourth-order valence-corrected chi connectivity index (χ4v) is 1.64. The molecule has 13 heavy (non-hydrogen) atoms. The fourth-order valence-electron chi connectivity index (χ4n) is 1.64. The summed E-state index contributed by atoms with van der Waals surface area (Å²) in [7, 11) is 0. The van der Waals surface area contributed by atoms with Crippen molar-refractivity contribution in [3.8, 4) is 0 Å². The highest BCUT2D eigenvalue weighted by Crippen LogP contribution is 2.19. The lowest BCUT2D eigenvalue weighted by Gasteiger charge is -2.04. The SMILES string of the molecule is CCCC(=O)NCCC1=CCCC1. The molecule has 2 nitrogen and oxygen atoms in total. The normalized spacial score (nSPS) is 15.6. The monoisotopic (exact) mass is 181 g/mol. The van der Waals surface area contributed by atoms with E-state index in [4.69, 9.17) is 0 Å². The first-order valence-corrected chi connectivity index (χ1v) is 5.27. The topological polar surface area (TPSA) is 29.1 Å². The molecule has 0 saturated carbocycles. The number of carbonyl (C=O) groups is 1. The summed E-state index contributed by atoms with van der Waals surface area (Å²) < 4.78 is 0. The Morgan fingerprint density at radius 3 is 3.08 bits per heavy atom. The van der Waals surface area contributed by atoms with E-state index >= 15 is 0 Å². The van der Waals surface area contributed by atoms with Gasteiger partial charge in [0.25, 0.3) is 0 Å². The molecular weight excluding hydrogens is 162 g/mol. The van der Waals surface area contributed by atoms with E-state index in [1.165, 1.54) is 24.8 Å². The van der Waals surface area contributed by atoms with Crippen LogP contribution in [0, 0.1) is 0 Å². The summed E-state index contributed by atoms with van der Waals surface area (Å²) in [5.41, 5.74) is 1.52. The van der Waals surface area contributed by atoms with Crippen LogP contribution in [0.15, 0.2) is 11.6 Å². The second kappa shape index (κ2) is 5.79. The van der Waals surface area contributed by atoms with Crippen LogP contribution in [-0.4, -0.2) is 12.5 Å². The average Bonchev–Trinajstić information content (AvgIpc) is 2.57. The van der Waals surface area contributed by atoms with Crippen molar-refractivity contribution in [1.82, 2.24) is 5.32 Å². The Balaban J connectivity index is 2.03. The third kappa shape index (κ3) is 4.11. The molecule has 0 fully saturated rings. The van der Waals surface area contributed by atoms with E-state index in [2.05, 4.69) is 11.4 Å². The summed E-state index contributed by atoms with van der Waals surface area (Å²) in [5, 5.41) is 2.93. The Hall–Kier alpha value is -0.790. The molecule has 0 unspecified atom stereocenters. The lowest BCUT2D eigenvalue weighted by atomic mass is 10.1. The average molecular weight is 181 g/mol. The molecule has 1 N–H and O–H groups in total. The molecule has 0 atom stereocenters. The van der Waals surface area contributed by atoms with E-state index in [1.54, 1.807) is 0 Å². The van der Waals surface area contributed by atoms with E-state index in [9.17, 15) is 4.79 Å². The highest BCUT2D eigenvalue weighted by Gasteiger charge is 2.04. The summed E-state index contributed by atoms with van der Waals surface area (Å²) >= 11 is 0. The predicted molar refractivity (Wildman–Crippen MR) is 54.5 cm³/mol. The van der Waals surface area contributed by atoms with Crippen molar-refractivity contribution in [3.05, 3.63) is 11.6 Å². The Kier molecular flexibility index (Phi) is 4.58. The molecule has 1 rings (SSSR count). The second-order valence-corrected chi connectivity index (χ2v) is 3.60. The van der Waals surface area contributed by atoms with Crippen molar-refractivity contribution in [2.45, 2.75) is 45.4 Å². The maximum absolute atomic E-state index is 11.1. The van der Waals surface area contributed by atoms with Crippen molar-refractivity contribution in [3.63, 3.8) is 0 Å². The highest BCUT2D eigenvalue weighted by molar-refractivity contribution is 5.75. The minimum atomic E-state index is 0.195. The van der Waals surface area contributed by atoms with Crippen LogP contribution < -0.4 is 5.32 Å². The standard InChI is InChI=1S/C11H19NO/c1-2-5-11(13)12-9-8-10-6-3-4-7-10/h6H,2-5,7-9H2,1H3,(H,12,13). The van der Waals surface area contributed by atoms with Crippen molar-refractivity contribution in [2.75, 3.05) is 6.54 Å². The maximum Gasteiger partial charge on any atom is 0.219 e. The van der Waals surface area contributed by atoms with Crippen LogP contribution in [0.5, 0.6) is 0 Å². The van der Waals surface area contributed by atoms with E-state index < -0.39 is 0 Å². The molecule has 0 saturated heterocycles. The van der Waals surface area contributed by atoms with Gasteiger partial charge in [0, 0.05) is 13.0 Å². The Morgan fingerprint density at radius 2 is 2.46 bits per heavy atom. The molecule has 0 spiro atoms. The molecule has 0 radical (unpaired) electrons. The van der Waals surface area contributed by atoms with Crippen LogP contribution in [0.25, 0.3) is 0 Å². The summed E-state index contributed by atoms with van der Waals surface area (Å²) in [6.07, 6.45) is 8.75. The number of allylic oxidation sites excluding steroid dienone is 1. The van der Waals surface area contributed by atoms with Gasteiger partial charge in [-0.05, 0) is 32.1 Å². The van der Waals surface area contributed by atoms with Gasteiger partial charge in [-0.15, -0.1) is 0 Å². The molecule has 0 aliphatic heterocycles. The van der Waals surface area contributed by atoms with Gasteiger partial charge in [0.1, 0.15) is 0 Å². The van der Waals surface area contributed by atoms with Gasteiger partial charge in [-0.3, -0.25) is 4.79 Å². The first-order chi connectivity index (χ1) is 6.33. The molecule has 74 valence electrons. The zero-order chi connectivity index (χ0) is 9.52. The molecule has 0 aromatic heterocycles. The molecule has 0 aromatic rings. The predicted octanol–water partition coefficient (Wildman–Crippen LogP) is 2.40. The molecule has 1 aliphatic rings. The van der Waals surface area contributed by atoms with Crippen LogP contribution in [0.3, 0.4) is 0 Å². The van der Waals surface area contributed by atoms with E-state index in [0.717, 1.165) is 19.4 Å². The van der Waals surface area contributed by atoms with Crippen molar-refractivity contribution in [2.24, 2.45) is 0 Å². The lowest BCUT2D eigenvalue weighted by Crippen LogP contribution is -2.23. The molecule has 1 amide bonds. The number of hydrogen-bond donors (Lipinski definition) is 1. The van der Waals surface area contributed by atoms with Gasteiger partial charge in [-0.1, -0.05) is 18.6 Å². The number of carbonyl (C=O) groups excluding carboxylic acids is 1. The van der Waals surface area contributed by atoms with Crippen LogP contribution in [0.1, 0.15) is 45.4 Å². The van der Waals surface area contributed by atoms with Crippen LogP contribution >= 0.6 is 0 Å². The fraction of sp³-hybridized carbons (Fsp3) is 0.727. The second-order valence-electron chi connectivity index (χ2n) is 3.60. The van der Waals surface area contributed by atoms with E-state index in [0.29, 0.717) is 6.42 Å². The van der Waals surface area contributed by atoms with Crippen LogP contribution in [-0.2, 0) is 4.79 Å². The van der Waals surface area contributed by atoms with Gasteiger partial charge in [0.05, 0.1) is 0 Å². The smallest absolute Gasteiger partial charge is 0.219 e. The molecule has 0 aromatic carbocycles. The third-order valence-corrected chi connectivity index (χ3v) is 2.38.